The number of likely N-dealkylation sites (N-methyl/N-ethyl adjacent to an activating group) is 1. The van der Waals surface area contributed by atoms with Crippen molar-refractivity contribution in [3.05, 3.63) is 24.3 Å². The fourth-order valence-corrected chi connectivity index (χ4v) is 8.08. The number of esters is 3. The molecule has 0 amide bonds. The second kappa shape index (κ2) is 22.7. The number of carbonyl (C=O) groups is 4. The van der Waals surface area contributed by atoms with Gasteiger partial charge in [-0.2, -0.15) is 0 Å². The molecule has 0 aromatic rings. The van der Waals surface area contributed by atoms with Crippen LogP contribution in [-0.4, -0.2) is 151 Å². The van der Waals surface area contributed by atoms with Crippen LogP contribution < -0.4 is 0 Å². The molecular formula is C42H69NO15. The first-order chi connectivity index (χ1) is 27.2. The number of methoxy groups -OCH3 is 1. The van der Waals surface area contributed by atoms with Gasteiger partial charge in [-0.1, -0.05) is 45.1 Å². The van der Waals surface area contributed by atoms with Crippen molar-refractivity contribution >= 4 is 24.2 Å². The number of hydrogen-bond donors (Lipinski definition) is 3. The smallest absolute Gasteiger partial charge is 0.309 e. The lowest BCUT2D eigenvalue weighted by atomic mass is 9.82. The number of allylic oxidation sites excluding steroid dienone is 2. The van der Waals surface area contributed by atoms with E-state index in [2.05, 4.69) is 0 Å². The minimum absolute atomic E-state index is 0.0460. The van der Waals surface area contributed by atoms with Crippen LogP contribution in [0.2, 0.25) is 0 Å². The van der Waals surface area contributed by atoms with Crippen LogP contribution in [0.4, 0.5) is 0 Å². The zero-order valence-electron chi connectivity index (χ0n) is 36.1. The van der Waals surface area contributed by atoms with Crippen LogP contribution in [0.1, 0.15) is 93.9 Å². The van der Waals surface area contributed by atoms with Crippen LogP contribution in [0.3, 0.4) is 0 Å². The van der Waals surface area contributed by atoms with Crippen molar-refractivity contribution in [2.75, 3.05) is 21.2 Å². The summed E-state index contributed by atoms with van der Waals surface area (Å²) in [5.74, 6) is -2.82. The van der Waals surface area contributed by atoms with E-state index in [0.717, 1.165) is 0 Å². The Bertz CT molecular complexity index is 1390. The molecule has 3 rings (SSSR count). The van der Waals surface area contributed by atoms with Crippen LogP contribution in [0.25, 0.3) is 0 Å². The molecule has 3 N–H and O–H groups in total. The number of rotatable bonds is 12. The quantitative estimate of drug-likeness (QED) is 0.147. The van der Waals surface area contributed by atoms with Gasteiger partial charge in [0.05, 0.1) is 36.9 Å². The topological polar surface area (TPSA) is 206 Å². The summed E-state index contributed by atoms with van der Waals surface area (Å²) in [4.78, 5) is 52.3. The Morgan fingerprint density at radius 3 is 2.29 bits per heavy atom. The summed E-state index contributed by atoms with van der Waals surface area (Å²) in [7, 11) is 4.86. The molecule has 3 heterocycles. The third-order valence-corrected chi connectivity index (χ3v) is 10.9. The minimum Gasteiger partial charge on any atom is -0.462 e. The van der Waals surface area contributed by atoms with Gasteiger partial charge in [-0.3, -0.25) is 14.4 Å². The average molecular weight is 828 g/mol. The number of ether oxygens (including phenoxy) is 8. The van der Waals surface area contributed by atoms with E-state index in [-0.39, 0.29) is 31.6 Å². The molecule has 0 aromatic heterocycles. The van der Waals surface area contributed by atoms with E-state index in [9.17, 15) is 34.5 Å². The average Bonchev–Trinajstić information content (AvgIpc) is 3.09. The maximum Gasteiger partial charge on any atom is 0.309 e. The molecule has 3 aliphatic heterocycles. The number of aldehydes is 1. The third-order valence-electron chi connectivity index (χ3n) is 10.9. The Balaban J connectivity index is 1.98. The van der Waals surface area contributed by atoms with Gasteiger partial charge in [0.25, 0.3) is 0 Å². The SMILES string of the molecule is CO[C@@H]1[C@@H](OC2OC(C)C(OC3CC(C)(O)C(OC(=O)CC(C)C)C(C)O3)C(N(C)C)C2O)[C@@H](CC=O)C[C@@H](C)[C@@H](O)C=CC=CC[C@@H](C)OC(=O)C[C@H]1OC(C)=O. The second-order valence-corrected chi connectivity index (χ2v) is 17.0. The van der Waals surface area contributed by atoms with Gasteiger partial charge in [-0.25, -0.2) is 0 Å². The molecule has 58 heavy (non-hydrogen) atoms. The fourth-order valence-electron chi connectivity index (χ4n) is 8.08. The van der Waals surface area contributed by atoms with Crippen LogP contribution in [0, 0.1) is 17.8 Å². The first kappa shape index (κ1) is 49.6. The zero-order chi connectivity index (χ0) is 43.5. The fraction of sp³-hybridized carbons (Fsp3) is 0.810. The molecular weight excluding hydrogens is 758 g/mol. The van der Waals surface area contributed by atoms with Crippen LogP contribution in [0.15, 0.2) is 24.3 Å². The van der Waals surface area contributed by atoms with Gasteiger partial charge in [0.2, 0.25) is 0 Å². The monoisotopic (exact) mass is 827 g/mol. The number of nitrogens with zero attached hydrogens (tertiary/aromatic N) is 1. The predicted molar refractivity (Wildman–Crippen MR) is 210 cm³/mol. The molecule has 16 nitrogen and oxygen atoms in total. The maximum absolute atomic E-state index is 13.2. The van der Waals surface area contributed by atoms with Crippen molar-refractivity contribution in [2.24, 2.45) is 17.8 Å². The van der Waals surface area contributed by atoms with E-state index in [4.69, 9.17) is 37.9 Å². The van der Waals surface area contributed by atoms with Gasteiger partial charge in [0.15, 0.2) is 18.7 Å². The van der Waals surface area contributed by atoms with E-state index >= 15 is 0 Å². The standard InChI is InChI=1S/C42H69NO15/c1-23(2)19-32(47)56-40-27(6)53-34(22-42(40,8)50)57-37-26(5)54-41(36(49)35(37)43(9)10)58-38-29(17-18-44)20-24(3)30(46)16-14-12-13-15-25(4)52-33(48)21-31(39(38)51-11)55-28(7)45/h12-14,16,18,23-27,29-31,34-41,46,49-50H,15,17,19-22H2,1-11H3/t24-,25-,26?,27?,29+,30+,31-,34?,35?,36?,37?,38+,39+,40?,41?,42?/m1/s1. The minimum atomic E-state index is -1.50. The highest BCUT2D eigenvalue weighted by Gasteiger charge is 2.53. The van der Waals surface area contributed by atoms with Crippen molar-refractivity contribution in [1.29, 1.82) is 0 Å². The highest BCUT2D eigenvalue weighted by Crippen LogP contribution is 2.38. The first-order valence-electron chi connectivity index (χ1n) is 20.4. The highest BCUT2D eigenvalue weighted by atomic mass is 16.7. The van der Waals surface area contributed by atoms with Crippen molar-refractivity contribution in [3.8, 4) is 0 Å². The largest absolute Gasteiger partial charge is 0.462 e. The Hall–Kier alpha value is -2.80. The van der Waals surface area contributed by atoms with Crippen LogP contribution in [0.5, 0.6) is 0 Å². The molecule has 0 radical (unpaired) electrons. The lowest BCUT2D eigenvalue weighted by molar-refractivity contribution is -0.344. The number of carbonyl (C=O) groups excluding carboxylic acids is 4. The number of aliphatic hydroxyl groups is 3. The summed E-state index contributed by atoms with van der Waals surface area (Å²) in [5.41, 5.74) is -1.50. The van der Waals surface area contributed by atoms with E-state index in [1.807, 2.05) is 20.8 Å². The van der Waals surface area contributed by atoms with Crippen LogP contribution >= 0.6 is 0 Å². The number of hydrogen-bond acceptors (Lipinski definition) is 16. The predicted octanol–water partition coefficient (Wildman–Crippen LogP) is 3.01. The van der Waals surface area contributed by atoms with E-state index in [0.29, 0.717) is 12.7 Å². The van der Waals surface area contributed by atoms with Crippen molar-refractivity contribution in [1.82, 2.24) is 4.90 Å². The molecule has 0 spiro atoms. The number of cyclic esters (lactones) is 1. The summed E-state index contributed by atoms with van der Waals surface area (Å²) in [5, 5.41) is 34.6. The maximum atomic E-state index is 13.2. The van der Waals surface area contributed by atoms with Crippen molar-refractivity contribution in [3.63, 3.8) is 0 Å². The van der Waals surface area contributed by atoms with Gasteiger partial charge in [-0.15, -0.1) is 0 Å². The second-order valence-electron chi connectivity index (χ2n) is 17.0. The van der Waals surface area contributed by atoms with Gasteiger partial charge in [0, 0.05) is 39.7 Å². The van der Waals surface area contributed by atoms with Crippen LogP contribution in [-0.2, 0) is 57.1 Å². The molecule has 16 atom stereocenters. The lowest BCUT2D eigenvalue weighted by Gasteiger charge is -2.50. The van der Waals surface area contributed by atoms with Gasteiger partial charge < -0.3 is 62.9 Å². The Labute approximate surface area is 343 Å². The molecule has 0 bridgehead atoms. The summed E-state index contributed by atoms with van der Waals surface area (Å²) in [6, 6.07) is -0.782. The Kier molecular flexibility index (Phi) is 19.4. The van der Waals surface area contributed by atoms with E-state index in [1.165, 1.54) is 14.0 Å². The molecule has 0 saturated carbocycles. The molecule has 9 unspecified atom stereocenters. The zero-order valence-corrected chi connectivity index (χ0v) is 36.1. The van der Waals surface area contributed by atoms with Gasteiger partial charge in [0.1, 0.15) is 42.4 Å². The Morgan fingerprint density at radius 1 is 1.02 bits per heavy atom. The lowest BCUT2D eigenvalue weighted by Crippen LogP contribution is -2.66. The first-order valence-corrected chi connectivity index (χ1v) is 20.4. The number of aliphatic hydroxyl groups excluding tert-OH is 2. The summed E-state index contributed by atoms with van der Waals surface area (Å²) in [6.45, 7) is 13.5. The summed E-state index contributed by atoms with van der Waals surface area (Å²) >= 11 is 0. The van der Waals surface area contributed by atoms with E-state index < -0.39 is 121 Å². The summed E-state index contributed by atoms with van der Waals surface area (Å²) in [6.07, 6.45) is -4.11. The molecule has 3 aliphatic rings. The molecule has 16 heteroatoms. The highest BCUT2D eigenvalue weighted by molar-refractivity contribution is 5.72. The van der Waals surface area contributed by atoms with Gasteiger partial charge in [-0.05, 0) is 66.0 Å². The molecule has 2 saturated heterocycles. The third kappa shape index (κ3) is 14.2. The molecule has 2 fully saturated rings. The summed E-state index contributed by atoms with van der Waals surface area (Å²) < 4.78 is 48.6. The van der Waals surface area contributed by atoms with E-state index in [1.54, 1.807) is 71.0 Å². The molecule has 332 valence electrons. The normalized spacial score (nSPS) is 39.6. The van der Waals surface area contributed by atoms with Crippen molar-refractivity contribution < 1.29 is 72.4 Å². The van der Waals surface area contributed by atoms with Gasteiger partial charge >= 0.3 is 17.9 Å². The molecule has 0 aromatic carbocycles. The molecule has 0 aliphatic carbocycles. The van der Waals surface area contributed by atoms with Crippen molar-refractivity contribution in [2.45, 2.75) is 179 Å². The Morgan fingerprint density at radius 2 is 1.71 bits per heavy atom.